The van der Waals surface area contributed by atoms with Gasteiger partial charge in [-0.2, -0.15) is 0 Å². The molecule has 0 aromatic rings. The fraction of sp³-hybridized carbons (Fsp3) is 0.667. The number of ether oxygens (including phenoxy) is 1. The third-order valence-corrected chi connectivity index (χ3v) is 1.36. The van der Waals surface area contributed by atoms with Crippen LogP contribution >= 0.6 is 0 Å². The molecule has 11 heavy (non-hydrogen) atoms. The van der Waals surface area contributed by atoms with Crippen LogP contribution in [0.25, 0.3) is 0 Å². The van der Waals surface area contributed by atoms with Gasteiger partial charge in [0, 0.05) is 12.3 Å². The number of allylic oxidation sites excluding steroid dienone is 1. The lowest BCUT2D eigenvalue weighted by atomic mass is 9.91. The van der Waals surface area contributed by atoms with E-state index in [4.69, 9.17) is 4.74 Å². The first-order valence-corrected chi connectivity index (χ1v) is 3.72. The van der Waals surface area contributed by atoms with Crippen molar-refractivity contribution in [2.24, 2.45) is 5.41 Å². The van der Waals surface area contributed by atoms with Crippen LogP contribution in [0.3, 0.4) is 0 Å². The second-order valence-electron chi connectivity index (χ2n) is 3.44. The largest absolute Gasteiger partial charge is 0.465 e. The monoisotopic (exact) mass is 156 g/mol. The Morgan fingerprint density at radius 3 is 2.55 bits per heavy atom. The number of rotatable bonds is 4. The van der Waals surface area contributed by atoms with Crippen molar-refractivity contribution in [3.05, 3.63) is 12.7 Å². The Balaban J connectivity index is 3.71. The fourth-order valence-electron chi connectivity index (χ4n) is 0.747. The summed E-state index contributed by atoms with van der Waals surface area (Å²) in [6.07, 6.45) is 2.70. The minimum Gasteiger partial charge on any atom is -0.465 e. The molecule has 0 aromatic heterocycles. The molecule has 0 saturated carbocycles. The highest BCUT2D eigenvalue weighted by Gasteiger charge is 2.17. The van der Waals surface area contributed by atoms with Gasteiger partial charge in [0.15, 0.2) is 0 Å². The maximum absolute atomic E-state index is 10.4. The Labute approximate surface area is 68.2 Å². The van der Waals surface area contributed by atoms with E-state index in [0.717, 1.165) is 6.42 Å². The van der Waals surface area contributed by atoms with E-state index in [-0.39, 0.29) is 11.4 Å². The fourth-order valence-corrected chi connectivity index (χ4v) is 0.747. The Hall–Kier alpha value is -0.790. The zero-order valence-corrected chi connectivity index (χ0v) is 7.52. The molecule has 2 heteroatoms. The van der Waals surface area contributed by atoms with E-state index >= 15 is 0 Å². The minimum atomic E-state index is -0.220. The topological polar surface area (TPSA) is 26.3 Å². The van der Waals surface area contributed by atoms with Crippen molar-refractivity contribution in [3.8, 4) is 0 Å². The summed E-state index contributed by atoms with van der Waals surface area (Å²) in [5, 5.41) is 0. The van der Waals surface area contributed by atoms with Crippen molar-refractivity contribution >= 4 is 5.97 Å². The van der Waals surface area contributed by atoms with Gasteiger partial charge in [0.25, 0.3) is 0 Å². The van der Waals surface area contributed by atoms with Crippen molar-refractivity contribution in [2.75, 3.05) is 6.61 Å². The van der Waals surface area contributed by atoms with E-state index in [1.54, 1.807) is 0 Å². The van der Waals surface area contributed by atoms with Crippen LogP contribution in [0.2, 0.25) is 0 Å². The molecule has 2 nitrogen and oxygen atoms in total. The zero-order chi connectivity index (χ0) is 8.91. The molecule has 0 aliphatic heterocycles. The van der Waals surface area contributed by atoms with Gasteiger partial charge in [0.1, 0.15) is 0 Å². The minimum absolute atomic E-state index is 0.0212. The Kier molecular flexibility index (Phi) is 3.86. The van der Waals surface area contributed by atoms with Crippen LogP contribution in [0, 0.1) is 5.41 Å². The van der Waals surface area contributed by atoms with Gasteiger partial charge in [-0.1, -0.05) is 19.9 Å². The smallest absolute Gasteiger partial charge is 0.302 e. The van der Waals surface area contributed by atoms with Crippen LogP contribution < -0.4 is 0 Å². The lowest BCUT2D eigenvalue weighted by molar-refractivity contribution is -0.143. The SMILES string of the molecule is C=CCC(C)(C)COC(C)=O. The van der Waals surface area contributed by atoms with Gasteiger partial charge in [-0.3, -0.25) is 4.79 Å². The molecule has 0 saturated heterocycles. The number of carbonyl (C=O) groups is 1. The molecule has 0 N–H and O–H groups in total. The number of hydrogen-bond acceptors (Lipinski definition) is 2. The molecular formula is C9H16O2. The summed E-state index contributed by atoms with van der Waals surface area (Å²) in [5.41, 5.74) is 0.0212. The quantitative estimate of drug-likeness (QED) is 0.460. The molecule has 0 aromatic carbocycles. The number of hydrogen-bond donors (Lipinski definition) is 0. The number of carbonyl (C=O) groups excluding carboxylic acids is 1. The van der Waals surface area contributed by atoms with Crippen molar-refractivity contribution < 1.29 is 9.53 Å². The van der Waals surface area contributed by atoms with Gasteiger partial charge >= 0.3 is 5.97 Å². The first-order chi connectivity index (χ1) is 4.98. The van der Waals surface area contributed by atoms with E-state index in [9.17, 15) is 4.79 Å². The van der Waals surface area contributed by atoms with Crippen LogP contribution in [0.4, 0.5) is 0 Å². The molecule has 0 amide bonds. The highest BCUT2D eigenvalue weighted by molar-refractivity contribution is 5.65. The van der Waals surface area contributed by atoms with Crippen molar-refractivity contribution in [1.29, 1.82) is 0 Å². The first kappa shape index (κ1) is 10.2. The summed E-state index contributed by atoms with van der Waals surface area (Å²) in [6, 6.07) is 0. The standard InChI is InChI=1S/C9H16O2/c1-5-6-9(3,4)7-11-8(2)10/h5H,1,6-7H2,2-4H3. The molecule has 0 aliphatic carbocycles. The molecule has 0 radical (unpaired) electrons. The highest BCUT2D eigenvalue weighted by atomic mass is 16.5. The van der Waals surface area contributed by atoms with Crippen molar-refractivity contribution in [3.63, 3.8) is 0 Å². The average Bonchev–Trinajstić information content (AvgIpc) is 1.84. The van der Waals surface area contributed by atoms with Gasteiger partial charge in [0.05, 0.1) is 6.61 Å². The van der Waals surface area contributed by atoms with Crippen molar-refractivity contribution in [1.82, 2.24) is 0 Å². The molecule has 0 bridgehead atoms. The number of esters is 1. The van der Waals surface area contributed by atoms with Crippen LogP contribution in [0.5, 0.6) is 0 Å². The van der Waals surface area contributed by atoms with Gasteiger partial charge in [0.2, 0.25) is 0 Å². The summed E-state index contributed by atoms with van der Waals surface area (Å²) in [7, 11) is 0. The molecule has 0 atom stereocenters. The summed E-state index contributed by atoms with van der Waals surface area (Å²) in [6.45, 7) is 9.60. The van der Waals surface area contributed by atoms with Gasteiger partial charge < -0.3 is 4.74 Å². The molecule has 0 unspecified atom stereocenters. The Morgan fingerprint density at radius 1 is 1.64 bits per heavy atom. The lowest BCUT2D eigenvalue weighted by Crippen LogP contribution is -2.19. The molecule has 0 rings (SSSR count). The van der Waals surface area contributed by atoms with Gasteiger partial charge in [-0.15, -0.1) is 6.58 Å². The van der Waals surface area contributed by atoms with E-state index in [2.05, 4.69) is 6.58 Å². The normalized spacial score (nSPS) is 10.8. The van der Waals surface area contributed by atoms with E-state index in [1.165, 1.54) is 6.92 Å². The molecule has 0 spiro atoms. The maximum atomic E-state index is 10.4. The molecule has 0 heterocycles. The Morgan fingerprint density at radius 2 is 2.18 bits per heavy atom. The molecule has 64 valence electrons. The third kappa shape index (κ3) is 5.64. The molecule has 0 aliphatic rings. The predicted octanol–water partition coefficient (Wildman–Crippen LogP) is 2.15. The van der Waals surface area contributed by atoms with E-state index < -0.39 is 0 Å². The Bertz CT molecular complexity index is 148. The summed E-state index contributed by atoms with van der Waals surface area (Å²) in [4.78, 5) is 10.4. The summed E-state index contributed by atoms with van der Waals surface area (Å²) < 4.78 is 4.87. The van der Waals surface area contributed by atoms with E-state index in [1.807, 2.05) is 19.9 Å². The zero-order valence-electron chi connectivity index (χ0n) is 7.52. The molecular weight excluding hydrogens is 140 g/mol. The van der Waals surface area contributed by atoms with Crippen LogP contribution in [0.15, 0.2) is 12.7 Å². The maximum Gasteiger partial charge on any atom is 0.302 e. The second-order valence-corrected chi connectivity index (χ2v) is 3.44. The molecule has 0 fully saturated rings. The lowest BCUT2D eigenvalue weighted by Gasteiger charge is -2.21. The van der Waals surface area contributed by atoms with Gasteiger partial charge in [-0.05, 0) is 6.42 Å². The van der Waals surface area contributed by atoms with Crippen molar-refractivity contribution in [2.45, 2.75) is 27.2 Å². The highest BCUT2D eigenvalue weighted by Crippen LogP contribution is 2.20. The summed E-state index contributed by atoms with van der Waals surface area (Å²) >= 11 is 0. The predicted molar refractivity (Wildman–Crippen MR) is 45.2 cm³/mol. The van der Waals surface area contributed by atoms with Crippen LogP contribution in [-0.4, -0.2) is 12.6 Å². The van der Waals surface area contributed by atoms with E-state index in [0.29, 0.717) is 6.61 Å². The van der Waals surface area contributed by atoms with Gasteiger partial charge in [-0.25, -0.2) is 0 Å². The second kappa shape index (κ2) is 4.16. The third-order valence-electron chi connectivity index (χ3n) is 1.36. The van der Waals surface area contributed by atoms with Crippen LogP contribution in [-0.2, 0) is 9.53 Å². The summed E-state index contributed by atoms with van der Waals surface area (Å²) in [5.74, 6) is -0.220. The van der Waals surface area contributed by atoms with Crippen LogP contribution in [0.1, 0.15) is 27.2 Å². The first-order valence-electron chi connectivity index (χ1n) is 3.72. The average molecular weight is 156 g/mol.